The van der Waals surface area contributed by atoms with Crippen molar-refractivity contribution < 1.29 is 14.6 Å². The summed E-state index contributed by atoms with van der Waals surface area (Å²) in [5.74, 6) is -0.670. The summed E-state index contributed by atoms with van der Waals surface area (Å²) in [6.45, 7) is 2.09. The Morgan fingerprint density at radius 3 is 2.55 bits per heavy atom. The molecule has 0 unspecified atom stereocenters. The highest BCUT2D eigenvalue weighted by molar-refractivity contribution is 5.91. The van der Waals surface area contributed by atoms with Crippen molar-refractivity contribution in [1.82, 2.24) is 0 Å². The van der Waals surface area contributed by atoms with E-state index in [1.54, 1.807) is 42.5 Å². The van der Waals surface area contributed by atoms with Crippen LogP contribution in [-0.4, -0.2) is 11.1 Å². The summed E-state index contributed by atoms with van der Waals surface area (Å²) < 4.78 is 5.55. The molecule has 0 aliphatic heterocycles. The van der Waals surface area contributed by atoms with Crippen LogP contribution in [-0.2, 0) is 6.61 Å². The first-order chi connectivity index (χ1) is 9.60. The molecule has 0 radical (unpaired) electrons. The van der Waals surface area contributed by atoms with Gasteiger partial charge in [0.1, 0.15) is 17.9 Å². The van der Waals surface area contributed by atoms with Gasteiger partial charge >= 0.3 is 5.97 Å². The summed E-state index contributed by atoms with van der Waals surface area (Å²) >= 11 is 0. The zero-order valence-electron chi connectivity index (χ0n) is 11.0. The second-order valence-electron chi connectivity index (χ2n) is 4.40. The molecule has 0 saturated heterocycles. The smallest absolute Gasteiger partial charge is 0.339 e. The third kappa shape index (κ3) is 3.15. The van der Waals surface area contributed by atoms with E-state index in [2.05, 4.69) is 0 Å². The number of aryl methyl sites for hydroxylation is 1. The molecule has 0 fully saturated rings. The molecule has 4 heteroatoms. The van der Waals surface area contributed by atoms with Crippen molar-refractivity contribution in [2.24, 2.45) is 0 Å². The van der Waals surface area contributed by atoms with Gasteiger partial charge in [-0.1, -0.05) is 23.8 Å². The largest absolute Gasteiger partial charge is 0.488 e. The van der Waals surface area contributed by atoms with Crippen molar-refractivity contribution in [3.05, 3.63) is 64.7 Å². The van der Waals surface area contributed by atoms with Gasteiger partial charge in [-0.2, -0.15) is 5.26 Å². The zero-order chi connectivity index (χ0) is 14.5. The number of aromatic carboxylic acids is 1. The molecule has 2 aromatic rings. The first kappa shape index (κ1) is 13.6. The van der Waals surface area contributed by atoms with Crippen LogP contribution in [0.2, 0.25) is 0 Å². The minimum absolute atomic E-state index is 0.152. The summed E-state index contributed by atoms with van der Waals surface area (Å²) in [6, 6.07) is 14.1. The van der Waals surface area contributed by atoms with E-state index in [1.165, 1.54) is 0 Å². The molecule has 0 aliphatic carbocycles. The molecule has 2 aromatic carbocycles. The lowest BCUT2D eigenvalue weighted by atomic mass is 10.1. The Labute approximate surface area is 116 Å². The van der Waals surface area contributed by atoms with Gasteiger partial charge in [0.25, 0.3) is 0 Å². The molecule has 100 valence electrons. The number of carbonyl (C=O) groups is 1. The van der Waals surface area contributed by atoms with E-state index < -0.39 is 5.97 Å². The number of hydrogen-bond acceptors (Lipinski definition) is 3. The molecule has 20 heavy (non-hydrogen) atoms. The van der Waals surface area contributed by atoms with Crippen molar-refractivity contribution >= 4 is 5.97 Å². The first-order valence-electron chi connectivity index (χ1n) is 6.06. The molecule has 0 amide bonds. The summed E-state index contributed by atoms with van der Waals surface area (Å²) in [5.41, 5.74) is 2.47. The zero-order valence-corrected chi connectivity index (χ0v) is 11.0. The molecule has 0 bridgehead atoms. The molecule has 0 spiro atoms. The molecule has 4 nitrogen and oxygen atoms in total. The lowest BCUT2D eigenvalue weighted by Crippen LogP contribution is -2.03. The van der Waals surface area contributed by atoms with E-state index in [-0.39, 0.29) is 12.2 Å². The normalized spacial score (nSPS) is 9.80. The van der Waals surface area contributed by atoms with Crippen molar-refractivity contribution in [2.45, 2.75) is 13.5 Å². The third-order valence-corrected chi connectivity index (χ3v) is 2.84. The second kappa shape index (κ2) is 5.89. The maximum atomic E-state index is 11.2. The SMILES string of the molecule is Cc1ccc(OCc2ccc(C#N)cc2)c(C(=O)O)c1. The Kier molecular flexibility index (Phi) is 4.02. The van der Waals surface area contributed by atoms with Crippen molar-refractivity contribution in [2.75, 3.05) is 0 Å². The summed E-state index contributed by atoms with van der Waals surface area (Å²) in [5, 5.41) is 17.9. The van der Waals surface area contributed by atoms with Gasteiger partial charge in [0.05, 0.1) is 11.6 Å². The predicted molar refractivity (Wildman–Crippen MR) is 73.6 cm³/mol. The quantitative estimate of drug-likeness (QED) is 0.923. The van der Waals surface area contributed by atoms with Crippen LogP contribution in [0, 0.1) is 18.3 Å². The van der Waals surface area contributed by atoms with Crippen molar-refractivity contribution in [1.29, 1.82) is 5.26 Å². The number of ether oxygens (including phenoxy) is 1. The maximum Gasteiger partial charge on any atom is 0.339 e. The Hall–Kier alpha value is -2.80. The Morgan fingerprint density at radius 1 is 1.25 bits per heavy atom. The van der Waals surface area contributed by atoms with Crippen LogP contribution in [0.5, 0.6) is 5.75 Å². The van der Waals surface area contributed by atoms with E-state index in [4.69, 9.17) is 15.1 Å². The van der Waals surface area contributed by atoms with Crippen LogP contribution in [0.1, 0.15) is 27.0 Å². The third-order valence-electron chi connectivity index (χ3n) is 2.84. The average molecular weight is 267 g/mol. The minimum atomic E-state index is -1.01. The van der Waals surface area contributed by atoms with E-state index in [0.29, 0.717) is 11.3 Å². The Balaban J connectivity index is 2.14. The maximum absolute atomic E-state index is 11.2. The lowest BCUT2D eigenvalue weighted by Gasteiger charge is -2.10. The molecule has 0 aromatic heterocycles. The van der Waals surface area contributed by atoms with Crippen LogP contribution in [0.15, 0.2) is 42.5 Å². The van der Waals surface area contributed by atoms with Crippen LogP contribution in [0.25, 0.3) is 0 Å². The minimum Gasteiger partial charge on any atom is -0.488 e. The van der Waals surface area contributed by atoms with Gasteiger partial charge in [-0.05, 0) is 36.8 Å². The van der Waals surface area contributed by atoms with Gasteiger partial charge in [0.2, 0.25) is 0 Å². The topological polar surface area (TPSA) is 70.3 Å². The van der Waals surface area contributed by atoms with Gasteiger partial charge < -0.3 is 9.84 Å². The molecule has 0 aliphatic rings. The van der Waals surface area contributed by atoms with Crippen molar-refractivity contribution in [3.8, 4) is 11.8 Å². The molecular formula is C16H13NO3. The van der Waals surface area contributed by atoms with Gasteiger partial charge in [0, 0.05) is 0 Å². The standard InChI is InChI=1S/C16H13NO3/c1-11-2-7-15(14(8-11)16(18)19)20-10-13-5-3-12(9-17)4-6-13/h2-8H,10H2,1H3,(H,18,19). The fourth-order valence-electron chi connectivity index (χ4n) is 1.77. The highest BCUT2D eigenvalue weighted by atomic mass is 16.5. The van der Waals surface area contributed by atoms with E-state index in [1.807, 2.05) is 13.0 Å². The molecule has 0 saturated carbocycles. The van der Waals surface area contributed by atoms with Crippen LogP contribution in [0.3, 0.4) is 0 Å². The first-order valence-corrected chi connectivity index (χ1v) is 6.06. The number of benzene rings is 2. The molecule has 0 heterocycles. The fraction of sp³-hybridized carbons (Fsp3) is 0.125. The summed E-state index contributed by atoms with van der Waals surface area (Å²) in [4.78, 5) is 11.2. The molecular weight excluding hydrogens is 254 g/mol. The Bertz CT molecular complexity index is 669. The van der Waals surface area contributed by atoms with E-state index >= 15 is 0 Å². The van der Waals surface area contributed by atoms with Crippen molar-refractivity contribution in [3.63, 3.8) is 0 Å². The second-order valence-corrected chi connectivity index (χ2v) is 4.40. The molecule has 0 atom stereocenters. The molecule has 2 rings (SSSR count). The average Bonchev–Trinajstić information content (AvgIpc) is 2.46. The number of nitriles is 1. The number of hydrogen-bond donors (Lipinski definition) is 1. The summed E-state index contributed by atoms with van der Waals surface area (Å²) in [6.07, 6.45) is 0. The van der Waals surface area contributed by atoms with Crippen LogP contribution >= 0.6 is 0 Å². The van der Waals surface area contributed by atoms with Crippen LogP contribution < -0.4 is 4.74 Å². The van der Waals surface area contributed by atoms with Gasteiger partial charge in [-0.15, -0.1) is 0 Å². The summed E-state index contributed by atoms with van der Waals surface area (Å²) in [7, 11) is 0. The highest BCUT2D eigenvalue weighted by Gasteiger charge is 2.11. The van der Waals surface area contributed by atoms with Gasteiger partial charge in [-0.25, -0.2) is 4.79 Å². The molecule has 1 N–H and O–H groups in total. The van der Waals surface area contributed by atoms with Gasteiger partial charge in [0.15, 0.2) is 0 Å². The Morgan fingerprint density at radius 2 is 1.95 bits per heavy atom. The van der Waals surface area contributed by atoms with Crippen LogP contribution in [0.4, 0.5) is 0 Å². The number of nitrogens with zero attached hydrogens (tertiary/aromatic N) is 1. The predicted octanol–water partition coefficient (Wildman–Crippen LogP) is 3.14. The van der Waals surface area contributed by atoms with Gasteiger partial charge in [-0.3, -0.25) is 0 Å². The lowest BCUT2D eigenvalue weighted by molar-refractivity contribution is 0.0691. The number of carboxylic acid groups (broad SMARTS) is 1. The van der Waals surface area contributed by atoms with E-state index in [9.17, 15) is 4.79 Å². The fourth-order valence-corrected chi connectivity index (χ4v) is 1.77. The highest BCUT2D eigenvalue weighted by Crippen LogP contribution is 2.21. The number of carboxylic acids is 1. The number of rotatable bonds is 4. The van der Waals surface area contributed by atoms with E-state index in [0.717, 1.165) is 11.1 Å². The monoisotopic (exact) mass is 267 g/mol.